The van der Waals surface area contributed by atoms with E-state index < -0.39 is 0 Å². The second-order valence-corrected chi connectivity index (χ2v) is 2.76. The zero-order valence-electron chi connectivity index (χ0n) is 6.34. The van der Waals surface area contributed by atoms with Gasteiger partial charge in [0.1, 0.15) is 0 Å². The van der Waals surface area contributed by atoms with E-state index in [1.54, 1.807) is 5.37 Å². The van der Waals surface area contributed by atoms with Gasteiger partial charge in [0.25, 0.3) is 0 Å². The highest BCUT2D eigenvalue weighted by Crippen LogP contribution is 2.03. The van der Waals surface area contributed by atoms with E-state index in [9.17, 15) is 5.11 Å². The first-order valence-corrected chi connectivity index (χ1v) is 4.40. The van der Waals surface area contributed by atoms with E-state index in [4.69, 9.17) is 0 Å². The summed E-state index contributed by atoms with van der Waals surface area (Å²) in [6.07, 6.45) is 6.62. The molecule has 2 heteroatoms. The van der Waals surface area contributed by atoms with E-state index in [0.717, 1.165) is 19.3 Å². The lowest BCUT2D eigenvalue weighted by Gasteiger charge is -1.95. The fourth-order valence-electron chi connectivity index (χ4n) is 0.860. The maximum atomic E-state index is 10.00. The Morgan fingerprint density at radius 2 is 1.60 bits per heavy atom. The molecule has 0 aliphatic rings. The van der Waals surface area contributed by atoms with Crippen molar-refractivity contribution in [3.63, 3.8) is 0 Å². The molecule has 0 fully saturated rings. The number of hydrogen-bond acceptors (Lipinski definition) is 1. The molecule has 0 N–H and O–H groups in total. The Bertz CT molecular complexity index is 73.7. The van der Waals surface area contributed by atoms with Gasteiger partial charge >= 0.3 is 0 Å². The molecule has 0 rings (SSSR count). The molecule has 0 bridgehead atoms. The van der Waals surface area contributed by atoms with Gasteiger partial charge in [-0.3, -0.25) is 0 Å². The third-order valence-electron chi connectivity index (χ3n) is 1.47. The van der Waals surface area contributed by atoms with Crippen LogP contribution in [0.3, 0.4) is 0 Å². The second kappa shape index (κ2) is 9.05. The Kier molecular flexibility index (Phi) is 9.10. The van der Waals surface area contributed by atoms with Crippen LogP contribution in [-0.2, 0) is 5.11 Å². The summed E-state index contributed by atoms with van der Waals surface area (Å²) in [4.78, 5) is 0. The molecule has 0 saturated carbocycles. The van der Waals surface area contributed by atoms with Gasteiger partial charge in [-0.1, -0.05) is 31.5 Å². The van der Waals surface area contributed by atoms with E-state index in [0.29, 0.717) is 0 Å². The van der Waals surface area contributed by atoms with Crippen LogP contribution in [0.2, 0.25) is 0 Å². The summed E-state index contributed by atoms with van der Waals surface area (Å²) in [6, 6.07) is 0. The average molecular weight is 159 g/mol. The lowest BCUT2D eigenvalue weighted by atomic mass is 10.1. The molecule has 0 aromatic heterocycles. The van der Waals surface area contributed by atoms with Crippen molar-refractivity contribution in [1.82, 2.24) is 0 Å². The van der Waals surface area contributed by atoms with Crippen LogP contribution >= 0.6 is 12.2 Å². The Morgan fingerprint density at radius 3 is 2.20 bits per heavy atom. The molecule has 0 saturated heterocycles. The van der Waals surface area contributed by atoms with Crippen LogP contribution in [0.5, 0.6) is 0 Å². The lowest BCUT2D eigenvalue weighted by molar-refractivity contribution is 0.186. The van der Waals surface area contributed by atoms with Gasteiger partial charge in [0.2, 0.25) is 0 Å². The second-order valence-electron chi connectivity index (χ2n) is 2.43. The first kappa shape index (κ1) is 10.0. The average Bonchev–Trinajstić information content (AvgIpc) is 1.97. The molecule has 1 nitrogen and oxygen atoms in total. The van der Waals surface area contributed by atoms with Crippen LogP contribution in [0, 0.1) is 0 Å². The zero-order valence-corrected chi connectivity index (χ0v) is 7.16. The largest absolute Gasteiger partial charge is 0.237 e. The fraction of sp³-hybridized carbons (Fsp3) is 0.875. The van der Waals surface area contributed by atoms with Crippen LogP contribution in [0.25, 0.3) is 0 Å². The van der Waals surface area contributed by atoms with Crippen molar-refractivity contribution in [3.05, 3.63) is 0 Å². The highest BCUT2D eigenvalue weighted by atomic mass is 32.1. The predicted octanol–water partition coefficient (Wildman–Crippen LogP) is 2.76. The summed E-state index contributed by atoms with van der Waals surface area (Å²) in [7, 11) is 0. The molecule has 0 heterocycles. The Morgan fingerprint density at radius 1 is 1.00 bits per heavy atom. The number of thiocarbonyl (C=S) groups is 1. The third-order valence-corrected chi connectivity index (χ3v) is 1.70. The van der Waals surface area contributed by atoms with Crippen LogP contribution in [0.4, 0.5) is 0 Å². The monoisotopic (exact) mass is 159 g/mol. The van der Waals surface area contributed by atoms with Crippen LogP contribution in [0.1, 0.15) is 38.5 Å². The quantitative estimate of drug-likeness (QED) is 0.413. The molecule has 0 aliphatic carbocycles. The molecule has 0 amide bonds. The van der Waals surface area contributed by atoms with Gasteiger partial charge in [-0.05, 0) is 24.6 Å². The molecule has 0 atom stereocenters. The number of rotatable bonds is 7. The number of hydrogen-bond donors (Lipinski definition) is 0. The van der Waals surface area contributed by atoms with Crippen molar-refractivity contribution < 1.29 is 5.11 Å². The topological polar surface area (TPSA) is 19.9 Å². The summed E-state index contributed by atoms with van der Waals surface area (Å²) < 4.78 is 0. The highest BCUT2D eigenvalue weighted by Gasteiger charge is 1.87. The Hall–Kier alpha value is 0.0500. The van der Waals surface area contributed by atoms with Crippen LogP contribution in [-0.4, -0.2) is 12.0 Å². The molecule has 0 unspecified atom stereocenters. The summed E-state index contributed by atoms with van der Waals surface area (Å²) in [6.45, 7) is 0.0904. The van der Waals surface area contributed by atoms with E-state index in [-0.39, 0.29) is 6.61 Å². The van der Waals surface area contributed by atoms with Crippen molar-refractivity contribution in [2.45, 2.75) is 38.5 Å². The molecule has 0 spiro atoms. The van der Waals surface area contributed by atoms with Gasteiger partial charge in [0, 0.05) is 0 Å². The highest BCUT2D eigenvalue weighted by molar-refractivity contribution is 7.78. The standard InChI is InChI=1S/C8H15OS/c9-7-5-3-1-2-4-6-8-10/h8H,1-7H2. The minimum atomic E-state index is 0.0904. The molecule has 1 radical (unpaired) electrons. The van der Waals surface area contributed by atoms with Crippen molar-refractivity contribution in [2.24, 2.45) is 0 Å². The van der Waals surface area contributed by atoms with Gasteiger partial charge in [0.05, 0.1) is 6.61 Å². The van der Waals surface area contributed by atoms with E-state index in [2.05, 4.69) is 12.2 Å². The fourth-order valence-corrected chi connectivity index (χ4v) is 1.03. The Balaban J connectivity index is 2.70. The van der Waals surface area contributed by atoms with E-state index >= 15 is 0 Å². The lowest BCUT2D eigenvalue weighted by Crippen LogP contribution is -1.82. The van der Waals surface area contributed by atoms with Gasteiger partial charge in [-0.25, -0.2) is 5.11 Å². The first-order valence-electron chi connectivity index (χ1n) is 3.93. The molecular formula is C8H15OS. The SMILES string of the molecule is [O]CCCCCCCC=S. The normalized spacial score (nSPS) is 9.70. The molecule has 0 aliphatic heterocycles. The van der Waals surface area contributed by atoms with Crippen molar-refractivity contribution >= 4 is 17.6 Å². The van der Waals surface area contributed by atoms with Gasteiger partial charge < -0.3 is 0 Å². The van der Waals surface area contributed by atoms with Gasteiger partial charge in [-0.15, -0.1) is 0 Å². The maximum absolute atomic E-state index is 10.00. The first-order chi connectivity index (χ1) is 4.91. The maximum Gasteiger partial charge on any atom is 0.0822 e. The van der Waals surface area contributed by atoms with Crippen molar-refractivity contribution in [2.75, 3.05) is 6.61 Å². The van der Waals surface area contributed by atoms with Crippen molar-refractivity contribution in [1.29, 1.82) is 0 Å². The van der Waals surface area contributed by atoms with Gasteiger partial charge in [0.15, 0.2) is 0 Å². The summed E-state index contributed by atoms with van der Waals surface area (Å²) in [5.41, 5.74) is 0. The summed E-state index contributed by atoms with van der Waals surface area (Å²) in [5.74, 6) is 0. The minimum absolute atomic E-state index is 0.0904. The Labute approximate surface area is 68.4 Å². The third kappa shape index (κ3) is 8.05. The molecule has 59 valence electrons. The van der Waals surface area contributed by atoms with E-state index in [1.807, 2.05) is 0 Å². The van der Waals surface area contributed by atoms with Crippen LogP contribution < -0.4 is 0 Å². The zero-order chi connectivity index (χ0) is 7.66. The number of unbranched alkanes of at least 4 members (excludes halogenated alkanes) is 5. The summed E-state index contributed by atoms with van der Waals surface area (Å²) >= 11 is 4.68. The smallest absolute Gasteiger partial charge is 0.0822 e. The molecular weight excluding hydrogens is 144 g/mol. The molecule has 10 heavy (non-hydrogen) atoms. The van der Waals surface area contributed by atoms with E-state index in [1.165, 1.54) is 19.3 Å². The van der Waals surface area contributed by atoms with Crippen molar-refractivity contribution in [3.8, 4) is 0 Å². The minimum Gasteiger partial charge on any atom is -0.237 e. The molecule has 0 aromatic carbocycles. The predicted molar refractivity (Wildman–Crippen MR) is 46.9 cm³/mol. The van der Waals surface area contributed by atoms with Crippen LogP contribution in [0.15, 0.2) is 0 Å². The summed E-state index contributed by atoms with van der Waals surface area (Å²) in [5, 5.41) is 11.8. The molecule has 0 aromatic rings. The van der Waals surface area contributed by atoms with Gasteiger partial charge in [-0.2, -0.15) is 0 Å².